The zero-order chi connectivity index (χ0) is 33.8. The summed E-state index contributed by atoms with van der Waals surface area (Å²) in [5.74, 6) is 0.202. The fourth-order valence-electron chi connectivity index (χ4n) is 10.2. The van der Waals surface area contributed by atoms with Gasteiger partial charge in [0.1, 0.15) is 36.3 Å². The van der Waals surface area contributed by atoms with E-state index in [0.29, 0.717) is 37.7 Å². The highest BCUT2D eigenvalue weighted by atomic mass is 16.6. The number of aryl methyl sites for hydroxylation is 1. The van der Waals surface area contributed by atoms with Crippen LogP contribution in [0.3, 0.4) is 0 Å². The van der Waals surface area contributed by atoms with Gasteiger partial charge in [0.15, 0.2) is 0 Å². The molecule has 13 heteroatoms. The first kappa shape index (κ1) is 33.3. The van der Waals surface area contributed by atoms with Gasteiger partial charge >= 0.3 is 11.7 Å². The molecule has 13 nitrogen and oxygen atoms in total. The van der Waals surface area contributed by atoms with Crippen LogP contribution in [0.15, 0.2) is 20.9 Å². The molecule has 5 fully saturated rings. The van der Waals surface area contributed by atoms with Crippen molar-refractivity contribution in [3.8, 4) is 0 Å². The molecular formula is C34H45N5O8. The number of ketones is 3. The highest BCUT2D eigenvalue weighted by Crippen LogP contribution is 2.66. The Morgan fingerprint density at radius 3 is 2.68 bits per heavy atom. The monoisotopic (exact) mass is 651 g/mol. The second kappa shape index (κ2) is 12.5. The summed E-state index contributed by atoms with van der Waals surface area (Å²) in [5, 5.41) is 3.78. The molecule has 0 aromatic carbocycles. The maximum absolute atomic E-state index is 14.1. The standard InChI is InChI=1S/C34H45N5O8/c1-17(5-8-29(43)46-16-26-24(37-38-35)14-28(47-26)39-15-18(2)31(44)36-32(39)45)21-6-7-22-30-23(13-27(42)34(21,22)4)33(3)10-9-20(40)11-19(33)12-25(30)41/h15,17,19,21-24,26,28,30H,5-14,16H2,1-4H3,(H,36,44,45)/t17-,19-,21-,22+,23+,24+,26-,28-,30+,33+,34-/m1/s1. The average Bonchev–Trinajstić information content (AvgIpc) is 3.59. The predicted molar refractivity (Wildman–Crippen MR) is 168 cm³/mol. The summed E-state index contributed by atoms with van der Waals surface area (Å²) in [4.78, 5) is 82.1. The van der Waals surface area contributed by atoms with Crippen LogP contribution < -0.4 is 11.2 Å². The Kier molecular flexibility index (Phi) is 8.84. The maximum Gasteiger partial charge on any atom is 0.330 e. The molecule has 0 amide bonds. The number of esters is 1. The molecule has 5 aliphatic rings. The second-order valence-electron chi connectivity index (χ2n) is 15.3. The lowest BCUT2D eigenvalue weighted by atomic mass is 9.44. The maximum atomic E-state index is 14.1. The van der Waals surface area contributed by atoms with Crippen molar-refractivity contribution < 1.29 is 28.7 Å². The summed E-state index contributed by atoms with van der Waals surface area (Å²) in [6, 6.07) is -0.679. The fraction of sp³-hybridized carbons (Fsp3) is 0.765. The second-order valence-corrected chi connectivity index (χ2v) is 15.3. The number of H-pyrrole nitrogens is 1. The van der Waals surface area contributed by atoms with Crippen LogP contribution >= 0.6 is 0 Å². The third kappa shape index (κ3) is 5.69. The zero-order valence-corrected chi connectivity index (χ0v) is 27.6. The van der Waals surface area contributed by atoms with Crippen molar-refractivity contribution >= 4 is 23.3 Å². The van der Waals surface area contributed by atoms with E-state index in [0.717, 1.165) is 19.3 Å². The Morgan fingerprint density at radius 2 is 1.94 bits per heavy atom. The number of fused-ring (bicyclic) bond motifs is 5. The Morgan fingerprint density at radius 1 is 1.17 bits per heavy atom. The van der Waals surface area contributed by atoms with Crippen molar-refractivity contribution in [1.82, 2.24) is 9.55 Å². The Bertz CT molecular complexity index is 1640. The number of ether oxygens (including phenoxy) is 2. The average molecular weight is 652 g/mol. The minimum absolute atomic E-state index is 0.00473. The van der Waals surface area contributed by atoms with Crippen molar-refractivity contribution in [1.29, 1.82) is 0 Å². The van der Waals surface area contributed by atoms with Gasteiger partial charge in [0.2, 0.25) is 0 Å². The van der Waals surface area contributed by atoms with E-state index < -0.39 is 41.0 Å². The Labute approximate surface area is 272 Å². The van der Waals surface area contributed by atoms with Crippen LogP contribution in [0.25, 0.3) is 10.4 Å². The van der Waals surface area contributed by atoms with E-state index in [1.807, 2.05) is 6.92 Å². The van der Waals surface area contributed by atoms with Crippen LogP contribution in [0, 0.1) is 53.3 Å². The molecule has 1 saturated heterocycles. The van der Waals surface area contributed by atoms with Crippen molar-refractivity contribution in [3.05, 3.63) is 43.0 Å². The number of carbonyl (C=O) groups excluding carboxylic acids is 4. The summed E-state index contributed by atoms with van der Waals surface area (Å²) in [6.07, 6.45) is 4.84. The molecule has 1 aliphatic heterocycles. The molecule has 11 atom stereocenters. The Balaban J connectivity index is 1.07. The van der Waals surface area contributed by atoms with Crippen LogP contribution in [0.1, 0.15) is 96.8 Å². The van der Waals surface area contributed by atoms with Crippen molar-refractivity contribution in [2.75, 3.05) is 6.61 Å². The third-order valence-electron chi connectivity index (χ3n) is 13.0. The SMILES string of the molecule is Cc1cn([C@H]2C[C@H](N=[N+]=[N-])[C@@H](COC(=O)CC[C@@H](C)[C@H]3CC[C@H]4[C@@H]5C(=O)C[C@H]6CC(=O)CC[C@]6(C)[C@H]5CC(=O)[C@]34C)O2)c(=O)[nH]c1=O. The molecule has 1 aromatic rings. The lowest BCUT2D eigenvalue weighted by Gasteiger charge is -2.58. The van der Waals surface area contributed by atoms with Crippen molar-refractivity contribution in [2.24, 2.45) is 51.5 Å². The third-order valence-corrected chi connectivity index (χ3v) is 13.0. The zero-order valence-electron chi connectivity index (χ0n) is 27.6. The normalized spacial score (nSPS) is 38.6. The molecule has 0 spiro atoms. The van der Waals surface area contributed by atoms with Crippen LogP contribution in [0.5, 0.6) is 0 Å². The molecule has 4 aliphatic carbocycles. The van der Waals surface area contributed by atoms with Crippen LogP contribution in [-0.4, -0.2) is 51.6 Å². The first-order valence-electron chi connectivity index (χ1n) is 17.0. The first-order chi connectivity index (χ1) is 22.3. The van der Waals surface area contributed by atoms with E-state index in [1.165, 1.54) is 10.8 Å². The number of aromatic amines is 1. The molecule has 254 valence electrons. The van der Waals surface area contributed by atoms with E-state index >= 15 is 0 Å². The minimum Gasteiger partial charge on any atom is -0.463 e. The molecule has 2 heterocycles. The molecule has 1 aromatic heterocycles. The van der Waals surface area contributed by atoms with Gasteiger partial charge in [-0.25, -0.2) is 4.79 Å². The van der Waals surface area contributed by atoms with Crippen LogP contribution in [0.4, 0.5) is 0 Å². The van der Waals surface area contributed by atoms with Gasteiger partial charge in [-0.05, 0) is 73.1 Å². The molecule has 47 heavy (non-hydrogen) atoms. The number of rotatable bonds is 8. The first-order valence-corrected chi connectivity index (χ1v) is 17.0. The fourth-order valence-corrected chi connectivity index (χ4v) is 10.2. The largest absolute Gasteiger partial charge is 0.463 e. The van der Waals surface area contributed by atoms with Gasteiger partial charge in [0.05, 0.1) is 6.04 Å². The van der Waals surface area contributed by atoms with E-state index in [9.17, 15) is 28.8 Å². The van der Waals surface area contributed by atoms with Crippen molar-refractivity contribution in [2.45, 2.75) is 110 Å². The van der Waals surface area contributed by atoms with E-state index in [4.69, 9.17) is 15.0 Å². The van der Waals surface area contributed by atoms with Gasteiger partial charge < -0.3 is 9.47 Å². The van der Waals surface area contributed by atoms with Gasteiger partial charge in [-0.15, -0.1) is 0 Å². The molecule has 4 saturated carbocycles. The predicted octanol–water partition coefficient (Wildman–Crippen LogP) is 4.36. The number of nitrogens with one attached hydrogen (secondary N) is 1. The smallest absolute Gasteiger partial charge is 0.330 e. The summed E-state index contributed by atoms with van der Waals surface area (Å²) in [7, 11) is 0. The molecular weight excluding hydrogens is 606 g/mol. The highest BCUT2D eigenvalue weighted by molar-refractivity contribution is 5.93. The van der Waals surface area contributed by atoms with Gasteiger partial charge in [0.25, 0.3) is 5.56 Å². The summed E-state index contributed by atoms with van der Waals surface area (Å²) in [6.45, 7) is 7.73. The lowest BCUT2D eigenvalue weighted by Crippen LogP contribution is -2.60. The topological polar surface area (TPSA) is 190 Å². The van der Waals surface area contributed by atoms with Crippen LogP contribution in [0.2, 0.25) is 0 Å². The van der Waals surface area contributed by atoms with Crippen molar-refractivity contribution in [3.63, 3.8) is 0 Å². The number of carbonyl (C=O) groups is 4. The van der Waals surface area contributed by atoms with Gasteiger partial charge in [0, 0.05) is 66.5 Å². The highest BCUT2D eigenvalue weighted by Gasteiger charge is 2.66. The summed E-state index contributed by atoms with van der Waals surface area (Å²) < 4.78 is 12.7. The van der Waals surface area contributed by atoms with E-state index in [2.05, 4.69) is 28.9 Å². The minimum atomic E-state index is -0.800. The number of azide groups is 1. The number of hydrogen-bond donors (Lipinski definition) is 1. The molecule has 6 rings (SSSR count). The quantitative estimate of drug-likeness (QED) is 0.186. The summed E-state index contributed by atoms with van der Waals surface area (Å²) in [5.41, 5.74) is 7.45. The van der Waals surface area contributed by atoms with Gasteiger partial charge in [-0.1, -0.05) is 25.9 Å². The van der Waals surface area contributed by atoms with E-state index in [-0.39, 0.29) is 77.7 Å². The van der Waals surface area contributed by atoms with Gasteiger partial charge in [-0.3, -0.25) is 33.5 Å². The molecule has 1 N–H and O–H groups in total. The number of nitrogens with zero attached hydrogens (tertiary/aromatic N) is 4. The number of hydrogen-bond acceptors (Lipinski definition) is 9. The number of aromatic nitrogens is 2. The summed E-state index contributed by atoms with van der Waals surface area (Å²) >= 11 is 0. The molecule has 0 radical (unpaired) electrons. The van der Waals surface area contributed by atoms with E-state index in [1.54, 1.807) is 6.92 Å². The molecule has 0 bridgehead atoms. The van der Waals surface area contributed by atoms with Crippen LogP contribution in [-0.2, 0) is 28.7 Å². The molecule has 0 unspecified atom stereocenters. The lowest BCUT2D eigenvalue weighted by molar-refractivity contribution is -0.166. The number of Topliss-reactive ketones (excluding diaryl/α,β-unsaturated/α-hetero) is 3. The Hall–Kier alpha value is -3.57. The van der Waals surface area contributed by atoms with Gasteiger partial charge in [-0.2, -0.15) is 0 Å².